The van der Waals surface area contributed by atoms with Gasteiger partial charge in [-0.1, -0.05) is 24.3 Å². The fourth-order valence-electron chi connectivity index (χ4n) is 2.56. The van der Waals surface area contributed by atoms with Crippen LogP contribution in [0.4, 0.5) is 0 Å². The predicted molar refractivity (Wildman–Crippen MR) is 129 cm³/mol. The van der Waals surface area contributed by atoms with E-state index in [0.717, 1.165) is 42.5 Å². The van der Waals surface area contributed by atoms with Gasteiger partial charge in [-0.15, -0.1) is 24.0 Å². The topological polar surface area (TPSA) is 64.1 Å². The quantitative estimate of drug-likeness (QED) is 0.208. The minimum absolute atomic E-state index is 0. The molecule has 2 aromatic rings. The van der Waals surface area contributed by atoms with Gasteiger partial charge in [0, 0.05) is 20.2 Å². The van der Waals surface area contributed by atoms with Crippen LogP contribution in [0, 0.1) is 0 Å². The SMILES string of the molecule is CCNC(=NCc1ccc(OCCOC)cc1)NCCc1ccc(OC)cc1.I. The van der Waals surface area contributed by atoms with Crippen molar-refractivity contribution in [3.63, 3.8) is 0 Å². The van der Waals surface area contributed by atoms with Crippen molar-refractivity contribution in [2.45, 2.75) is 19.9 Å². The van der Waals surface area contributed by atoms with Gasteiger partial charge in [0.25, 0.3) is 0 Å². The molecule has 0 fully saturated rings. The lowest BCUT2D eigenvalue weighted by atomic mass is 10.1. The third-order valence-electron chi connectivity index (χ3n) is 4.11. The summed E-state index contributed by atoms with van der Waals surface area (Å²) in [4.78, 5) is 4.66. The Balaban J connectivity index is 0.00000420. The highest BCUT2D eigenvalue weighted by atomic mass is 127. The van der Waals surface area contributed by atoms with E-state index in [2.05, 4.69) is 34.7 Å². The molecule has 0 aliphatic rings. The molecule has 7 heteroatoms. The largest absolute Gasteiger partial charge is 0.497 e. The molecule has 0 saturated heterocycles. The first-order valence-corrected chi connectivity index (χ1v) is 9.61. The summed E-state index contributed by atoms with van der Waals surface area (Å²) in [7, 11) is 3.34. The monoisotopic (exact) mass is 513 g/mol. The number of hydrogen-bond donors (Lipinski definition) is 2. The number of halogens is 1. The predicted octanol–water partition coefficient (Wildman–Crippen LogP) is 3.64. The maximum atomic E-state index is 5.58. The molecule has 2 aromatic carbocycles. The van der Waals surface area contributed by atoms with Crippen molar-refractivity contribution in [1.29, 1.82) is 0 Å². The zero-order chi connectivity index (χ0) is 20.0. The minimum atomic E-state index is 0. The standard InChI is InChI=1S/C22H31N3O3.HI/c1-4-23-22(24-14-13-18-5-9-20(27-3)10-6-18)25-17-19-7-11-21(12-8-19)28-16-15-26-2;/h5-12H,4,13-17H2,1-3H3,(H2,23,24,25);1H. The van der Waals surface area contributed by atoms with Crippen LogP contribution in [0.3, 0.4) is 0 Å². The Morgan fingerprint density at radius 1 is 0.862 bits per heavy atom. The molecule has 160 valence electrons. The smallest absolute Gasteiger partial charge is 0.191 e. The van der Waals surface area contributed by atoms with Gasteiger partial charge in [-0.05, 0) is 48.7 Å². The Morgan fingerprint density at radius 2 is 1.52 bits per heavy atom. The average molecular weight is 513 g/mol. The van der Waals surface area contributed by atoms with Gasteiger partial charge in [-0.3, -0.25) is 0 Å². The van der Waals surface area contributed by atoms with E-state index < -0.39 is 0 Å². The van der Waals surface area contributed by atoms with E-state index in [9.17, 15) is 0 Å². The fraction of sp³-hybridized carbons (Fsp3) is 0.409. The van der Waals surface area contributed by atoms with E-state index in [1.54, 1.807) is 14.2 Å². The van der Waals surface area contributed by atoms with Crippen molar-refractivity contribution in [3.8, 4) is 11.5 Å². The Labute approximate surface area is 191 Å². The molecule has 0 atom stereocenters. The molecule has 2 N–H and O–H groups in total. The van der Waals surface area contributed by atoms with Crippen molar-refractivity contribution < 1.29 is 14.2 Å². The van der Waals surface area contributed by atoms with Gasteiger partial charge >= 0.3 is 0 Å². The first-order valence-electron chi connectivity index (χ1n) is 9.61. The summed E-state index contributed by atoms with van der Waals surface area (Å²) >= 11 is 0. The van der Waals surface area contributed by atoms with Crippen LogP contribution in [0.15, 0.2) is 53.5 Å². The van der Waals surface area contributed by atoms with Gasteiger partial charge in [0.1, 0.15) is 18.1 Å². The highest BCUT2D eigenvalue weighted by Crippen LogP contribution is 2.13. The maximum absolute atomic E-state index is 5.58. The highest BCUT2D eigenvalue weighted by Gasteiger charge is 2.00. The number of benzene rings is 2. The number of hydrogen-bond acceptors (Lipinski definition) is 4. The molecule has 0 amide bonds. The summed E-state index contributed by atoms with van der Waals surface area (Å²) in [5.41, 5.74) is 2.39. The highest BCUT2D eigenvalue weighted by molar-refractivity contribution is 14.0. The van der Waals surface area contributed by atoms with E-state index in [-0.39, 0.29) is 24.0 Å². The molecule has 2 rings (SSSR count). The molecule has 0 unspecified atom stereocenters. The zero-order valence-corrected chi connectivity index (χ0v) is 19.8. The van der Waals surface area contributed by atoms with Crippen LogP contribution in [0.25, 0.3) is 0 Å². The maximum Gasteiger partial charge on any atom is 0.191 e. The zero-order valence-electron chi connectivity index (χ0n) is 17.4. The van der Waals surface area contributed by atoms with E-state index in [1.807, 2.05) is 36.4 Å². The molecule has 0 bridgehead atoms. The molecule has 6 nitrogen and oxygen atoms in total. The molecular formula is C22H32IN3O3. The van der Waals surface area contributed by atoms with Gasteiger partial charge in [0.2, 0.25) is 0 Å². The van der Waals surface area contributed by atoms with Crippen LogP contribution in [0.1, 0.15) is 18.1 Å². The summed E-state index contributed by atoms with van der Waals surface area (Å²) in [5, 5.41) is 6.67. The molecule has 0 aliphatic carbocycles. The first kappa shape index (κ1) is 25.0. The molecular weight excluding hydrogens is 481 g/mol. The van der Waals surface area contributed by atoms with Crippen LogP contribution in [-0.4, -0.2) is 46.5 Å². The van der Waals surface area contributed by atoms with Crippen molar-refractivity contribution in [2.75, 3.05) is 40.5 Å². The van der Waals surface area contributed by atoms with Gasteiger partial charge in [0.05, 0.1) is 20.3 Å². The van der Waals surface area contributed by atoms with Crippen molar-refractivity contribution in [3.05, 3.63) is 59.7 Å². The number of ether oxygens (including phenoxy) is 3. The Kier molecular flexibility index (Phi) is 12.9. The number of nitrogens with one attached hydrogen (secondary N) is 2. The third-order valence-corrected chi connectivity index (χ3v) is 4.11. The van der Waals surface area contributed by atoms with Crippen LogP contribution in [-0.2, 0) is 17.7 Å². The summed E-state index contributed by atoms with van der Waals surface area (Å²) in [6, 6.07) is 16.1. The minimum Gasteiger partial charge on any atom is -0.497 e. The summed E-state index contributed by atoms with van der Waals surface area (Å²) in [6.07, 6.45) is 0.919. The third kappa shape index (κ3) is 9.85. The number of rotatable bonds is 11. The molecule has 0 saturated carbocycles. The van der Waals surface area contributed by atoms with Gasteiger partial charge < -0.3 is 24.8 Å². The van der Waals surface area contributed by atoms with E-state index in [0.29, 0.717) is 19.8 Å². The Bertz CT molecular complexity index is 706. The molecule has 0 aliphatic heterocycles. The summed E-state index contributed by atoms with van der Waals surface area (Å²) in [6.45, 7) is 5.44. The van der Waals surface area contributed by atoms with Crippen LogP contribution in [0.5, 0.6) is 11.5 Å². The Hall–Kier alpha value is -2.00. The van der Waals surface area contributed by atoms with E-state index in [4.69, 9.17) is 14.2 Å². The van der Waals surface area contributed by atoms with Gasteiger partial charge in [-0.2, -0.15) is 0 Å². The summed E-state index contributed by atoms with van der Waals surface area (Å²) in [5.74, 6) is 2.53. The second-order valence-electron chi connectivity index (χ2n) is 6.21. The van der Waals surface area contributed by atoms with Crippen LogP contribution >= 0.6 is 24.0 Å². The van der Waals surface area contributed by atoms with Gasteiger partial charge in [-0.25, -0.2) is 4.99 Å². The lowest BCUT2D eigenvalue weighted by molar-refractivity contribution is 0.146. The number of aliphatic imine (C=N–C) groups is 1. The first-order chi connectivity index (χ1) is 13.7. The number of guanidine groups is 1. The molecule has 0 spiro atoms. The lowest BCUT2D eigenvalue weighted by Crippen LogP contribution is -2.38. The number of methoxy groups -OCH3 is 2. The number of nitrogens with zero attached hydrogens (tertiary/aromatic N) is 1. The molecule has 0 aromatic heterocycles. The van der Waals surface area contributed by atoms with Crippen molar-refractivity contribution in [2.24, 2.45) is 4.99 Å². The Morgan fingerprint density at radius 3 is 2.14 bits per heavy atom. The lowest BCUT2D eigenvalue weighted by Gasteiger charge is -2.12. The second kappa shape index (κ2) is 14.9. The average Bonchev–Trinajstić information content (AvgIpc) is 2.73. The van der Waals surface area contributed by atoms with E-state index in [1.165, 1.54) is 5.56 Å². The fourth-order valence-corrected chi connectivity index (χ4v) is 2.56. The molecule has 29 heavy (non-hydrogen) atoms. The normalized spacial score (nSPS) is 10.8. The van der Waals surface area contributed by atoms with Crippen LogP contribution < -0.4 is 20.1 Å². The molecule has 0 heterocycles. The summed E-state index contributed by atoms with van der Waals surface area (Å²) < 4.78 is 15.8. The van der Waals surface area contributed by atoms with Gasteiger partial charge in [0.15, 0.2) is 5.96 Å². The second-order valence-corrected chi connectivity index (χ2v) is 6.21. The van der Waals surface area contributed by atoms with Crippen molar-refractivity contribution >= 4 is 29.9 Å². The van der Waals surface area contributed by atoms with E-state index >= 15 is 0 Å². The van der Waals surface area contributed by atoms with Crippen LogP contribution in [0.2, 0.25) is 0 Å². The molecule has 0 radical (unpaired) electrons. The van der Waals surface area contributed by atoms with Crippen molar-refractivity contribution in [1.82, 2.24) is 10.6 Å².